The Morgan fingerprint density at radius 3 is 1.55 bits per heavy atom. The molecule has 0 aliphatic carbocycles. The normalized spacial score (nSPS) is 12.2. The Morgan fingerprint density at radius 1 is 1.09 bits per heavy atom. The van der Waals surface area contributed by atoms with Crippen molar-refractivity contribution in [2.24, 2.45) is 0 Å². The second-order valence-electron chi connectivity index (χ2n) is 0.979. The summed E-state index contributed by atoms with van der Waals surface area (Å²) in [7, 11) is -10.2. The molecule has 0 bridgehead atoms. The number of rotatable bonds is 3. The van der Waals surface area contributed by atoms with Gasteiger partial charge in [0.15, 0.2) is 0 Å². The van der Waals surface area contributed by atoms with Crippen LogP contribution in [0.1, 0.15) is 0 Å². The second-order valence-corrected chi connectivity index (χ2v) is 3.34. The molecule has 0 atom stereocenters. The first kappa shape index (κ1) is 14.3. The van der Waals surface area contributed by atoms with Crippen molar-refractivity contribution in [3.63, 3.8) is 0 Å². The SMILES string of the molecule is O=S(=O)(O)OS(=O)(=O)OO.[NaH]. The zero-order valence-electron chi connectivity index (χ0n) is 4.16. The van der Waals surface area contributed by atoms with Crippen molar-refractivity contribution in [1.29, 1.82) is 0 Å². The summed E-state index contributed by atoms with van der Waals surface area (Å²) in [5, 5.41) is 7.37. The minimum atomic E-state index is -5.17. The van der Waals surface area contributed by atoms with Crippen LogP contribution >= 0.6 is 0 Å². The third kappa shape index (κ3) is 8.65. The molecule has 0 radical (unpaired) electrons. The van der Waals surface area contributed by atoms with E-state index in [1.807, 2.05) is 0 Å². The van der Waals surface area contributed by atoms with Crippen molar-refractivity contribution in [2.75, 3.05) is 0 Å². The van der Waals surface area contributed by atoms with Gasteiger partial charge < -0.3 is 0 Å². The van der Waals surface area contributed by atoms with Crippen molar-refractivity contribution in [3.8, 4) is 0 Å². The van der Waals surface area contributed by atoms with Crippen molar-refractivity contribution < 1.29 is 34.6 Å². The molecular formula is H3NaO8S2. The van der Waals surface area contributed by atoms with Crippen LogP contribution in [0.5, 0.6) is 0 Å². The first-order chi connectivity index (χ1) is 4.27. The van der Waals surface area contributed by atoms with Gasteiger partial charge in [0.1, 0.15) is 0 Å². The monoisotopic (exact) mass is 218 g/mol. The third-order valence-electron chi connectivity index (χ3n) is 0.261. The van der Waals surface area contributed by atoms with Gasteiger partial charge in [0.05, 0.1) is 0 Å². The predicted molar refractivity (Wildman–Crippen MR) is 32.4 cm³/mol. The topological polar surface area (TPSA) is 127 Å². The van der Waals surface area contributed by atoms with Crippen LogP contribution in [-0.4, -0.2) is 56.2 Å². The molecule has 8 nitrogen and oxygen atoms in total. The van der Waals surface area contributed by atoms with Crippen LogP contribution in [0, 0.1) is 0 Å². The summed E-state index contributed by atoms with van der Waals surface area (Å²) in [5.41, 5.74) is 0. The van der Waals surface area contributed by atoms with Gasteiger partial charge in [-0.15, -0.1) is 0 Å². The summed E-state index contributed by atoms with van der Waals surface area (Å²) < 4.78 is 51.7. The molecule has 0 spiro atoms. The van der Waals surface area contributed by atoms with Gasteiger partial charge >= 0.3 is 50.4 Å². The third-order valence-corrected chi connectivity index (χ3v) is 1.80. The van der Waals surface area contributed by atoms with Crippen molar-refractivity contribution in [3.05, 3.63) is 0 Å². The molecule has 0 amide bonds. The van der Waals surface area contributed by atoms with E-state index in [1.54, 1.807) is 0 Å². The second kappa shape index (κ2) is 4.69. The van der Waals surface area contributed by atoms with Gasteiger partial charge in [-0.3, -0.25) is 4.55 Å². The van der Waals surface area contributed by atoms with Crippen molar-refractivity contribution >= 4 is 50.4 Å². The van der Waals surface area contributed by atoms with Crippen LogP contribution in [0.25, 0.3) is 0 Å². The maximum absolute atomic E-state index is 9.78. The Hall–Kier alpha value is 0.740. The van der Waals surface area contributed by atoms with E-state index in [9.17, 15) is 16.8 Å². The molecular weight excluding hydrogens is 215 g/mol. The fourth-order valence-electron chi connectivity index (χ4n) is 0.118. The molecule has 0 aromatic carbocycles. The Balaban J connectivity index is 0. The van der Waals surface area contributed by atoms with Gasteiger partial charge in [0.25, 0.3) is 0 Å². The van der Waals surface area contributed by atoms with Crippen molar-refractivity contribution in [2.45, 2.75) is 0 Å². The van der Waals surface area contributed by atoms with E-state index >= 15 is 0 Å². The van der Waals surface area contributed by atoms with Gasteiger partial charge in [-0.1, -0.05) is 7.96 Å². The maximum atomic E-state index is 9.78. The van der Waals surface area contributed by atoms with Gasteiger partial charge in [-0.2, -0.15) is 16.8 Å². The van der Waals surface area contributed by atoms with E-state index in [0.29, 0.717) is 0 Å². The van der Waals surface area contributed by atoms with E-state index < -0.39 is 20.8 Å². The molecule has 0 rings (SSSR count). The van der Waals surface area contributed by atoms with E-state index in [1.165, 1.54) is 0 Å². The number of hydrogen-bond acceptors (Lipinski definition) is 7. The van der Waals surface area contributed by atoms with Gasteiger partial charge in [-0.05, 0) is 0 Å². The molecule has 11 heavy (non-hydrogen) atoms. The molecule has 0 aliphatic heterocycles. The summed E-state index contributed by atoms with van der Waals surface area (Å²) in [6.45, 7) is 0. The van der Waals surface area contributed by atoms with E-state index in [4.69, 9.17) is 9.81 Å². The van der Waals surface area contributed by atoms with E-state index in [2.05, 4.69) is 7.96 Å². The van der Waals surface area contributed by atoms with Gasteiger partial charge in [0, 0.05) is 0 Å². The van der Waals surface area contributed by atoms with E-state index in [0.717, 1.165) is 0 Å². The molecule has 11 heteroatoms. The molecule has 0 aromatic heterocycles. The van der Waals surface area contributed by atoms with Crippen LogP contribution < -0.4 is 0 Å². The standard InChI is InChI=1S/Na.H2O8S2.H/c;1-7-10(5,6)8-9(2,3)4;/h;1H,(H,2,3,4);. The fourth-order valence-corrected chi connectivity index (χ4v) is 1.06. The molecule has 64 valence electrons. The average molecular weight is 218 g/mol. The Kier molecular flexibility index (Phi) is 6.09. The summed E-state index contributed by atoms with van der Waals surface area (Å²) >= 11 is 0. The summed E-state index contributed by atoms with van der Waals surface area (Å²) in [5.74, 6) is 0. The quantitative estimate of drug-likeness (QED) is 0.238. The fraction of sp³-hybridized carbons (Fsp3) is 0. The van der Waals surface area contributed by atoms with Crippen LogP contribution in [0.15, 0.2) is 0 Å². The van der Waals surface area contributed by atoms with Gasteiger partial charge in [0.2, 0.25) is 0 Å². The molecule has 0 saturated carbocycles. The Labute approximate surface area is 84.6 Å². The summed E-state index contributed by atoms with van der Waals surface area (Å²) in [4.78, 5) is 0. The van der Waals surface area contributed by atoms with Crippen LogP contribution in [0.3, 0.4) is 0 Å². The average Bonchev–Trinajstić information content (AvgIpc) is 1.60. The molecule has 0 unspecified atom stereocenters. The molecule has 0 fully saturated rings. The van der Waals surface area contributed by atoms with Crippen molar-refractivity contribution in [1.82, 2.24) is 0 Å². The summed E-state index contributed by atoms with van der Waals surface area (Å²) in [6.07, 6.45) is 0. The van der Waals surface area contributed by atoms with Gasteiger partial charge in [-0.25, -0.2) is 5.26 Å². The zero-order chi connectivity index (χ0) is 8.41. The molecule has 0 heterocycles. The Bertz CT molecular complexity index is 280. The first-order valence-corrected chi connectivity index (χ1v) is 4.23. The molecule has 0 aromatic rings. The molecule has 0 saturated heterocycles. The van der Waals surface area contributed by atoms with Crippen LogP contribution in [0.4, 0.5) is 0 Å². The number of hydrogen-bond donors (Lipinski definition) is 2. The molecule has 0 aliphatic rings. The Morgan fingerprint density at radius 2 is 1.45 bits per heavy atom. The van der Waals surface area contributed by atoms with Crippen LogP contribution in [-0.2, 0) is 28.8 Å². The zero-order valence-corrected chi connectivity index (χ0v) is 5.79. The first-order valence-electron chi connectivity index (χ1n) is 1.53. The van der Waals surface area contributed by atoms with E-state index in [-0.39, 0.29) is 29.6 Å². The summed E-state index contributed by atoms with van der Waals surface area (Å²) in [6, 6.07) is 0. The van der Waals surface area contributed by atoms with Crippen LogP contribution in [0.2, 0.25) is 0 Å². The molecule has 2 N–H and O–H groups in total. The predicted octanol–water partition coefficient (Wildman–Crippen LogP) is -2.11. The minimum absolute atomic E-state index is 0.